The maximum atomic E-state index is 2.46. The first-order valence-corrected chi connectivity index (χ1v) is 6.98. The van der Waals surface area contributed by atoms with Gasteiger partial charge in [-0.25, -0.2) is 0 Å². The molecule has 0 bridgehead atoms. The Labute approximate surface area is 150 Å². The molecule has 1 aliphatic rings. The van der Waals surface area contributed by atoms with Gasteiger partial charge in [0.05, 0.1) is 0 Å². The van der Waals surface area contributed by atoms with Crippen LogP contribution in [0.15, 0.2) is 24.3 Å². The second-order valence-corrected chi connectivity index (χ2v) is 7.72. The van der Waals surface area contributed by atoms with E-state index in [1.807, 2.05) is 0 Å². The van der Waals surface area contributed by atoms with Crippen molar-refractivity contribution in [2.75, 3.05) is 0 Å². The average Bonchev–Trinajstić information content (AvgIpc) is 2.70. The fraction of sp³-hybridized carbons (Fsp3) is 0.450. The molecule has 116 valence electrons. The third-order valence-corrected chi connectivity index (χ3v) is 4.24. The van der Waals surface area contributed by atoms with Crippen molar-refractivity contribution in [2.24, 2.45) is 5.41 Å². The van der Waals surface area contributed by atoms with Gasteiger partial charge in [0.2, 0.25) is 0 Å². The summed E-state index contributed by atoms with van der Waals surface area (Å²) in [5.41, 5.74) is 5.32. The molecule has 2 aromatic rings. The summed E-state index contributed by atoms with van der Waals surface area (Å²) in [6.45, 7) is 11.7. The smallest absolute Gasteiger partial charge is 0 e. The quantitative estimate of drug-likeness (QED) is 0.349. The predicted molar refractivity (Wildman–Crippen MR) is 92.3 cm³/mol. The van der Waals surface area contributed by atoms with Crippen molar-refractivity contribution in [1.82, 2.24) is 0 Å². The molecule has 0 spiro atoms. The average molecular weight is 448 g/mol. The number of fused-ring (bicyclic) bond motifs is 2. The van der Waals surface area contributed by atoms with Gasteiger partial charge in [-0.3, -0.25) is 0 Å². The summed E-state index contributed by atoms with van der Waals surface area (Å²) >= 11 is 0. The zero-order chi connectivity index (χ0) is 13.1. The molecule has 2 aromatic carbocycles. The molecule has 0 radical (unpaired) electrons. The third kappa shape index (κ3) is 3.73. The molecule has 0 unspecified atom stereocenters. The molecule has 3 rings (SSSR count). The summed E-state index contributed by atoms with van der Waals surface area (Å²) in [4.78, 5) is 0. The summed E-state index contributed by atoms with van der Waals surface area (Å²) in [5, 5.41) is 2.90. The molecule has 0 aromatic heterocycles. The van der Waals surface area contributed by atoms with Crippen LogP contribution in [-0.2, 0) is 44.1 Å². The van der Waals surface area contributed by atoms with Crippen molar-refractivity contribution in [3.8, 4) is 0 Å². The molecule has 0 N–H and O–H groups in total. The Bertz CT molecular complexity index is 609. The summed E-state index contributed by atoms with van der Waals surface area (Å²) in [6, 6.07) is 9.49. The predicted octanol–water partition coefficient (Wildman–Crippen LogP) is 5.88. The molecule has 0 saturated heterocycles. The molecule has 0 amide bonds. The van der Waals surface area contributed by atoms with Crippen LogP contribution in [0.2, 0.25) is 0 Å². The maximum absolute atomic E-state index is 2.46. The number of benzene rings is 1. The van der Waals surface area contributed by atoms with Crippen LogP contribution in [0.3, 0.4) is 0 Å². The Morgan fingerprint density at radius 1 is 1.00 bits per heavy atom. The topological polar surface area (TPSA) is 0 Å². The van der Waals surface area contributed by atoms with Crippen molar-refractivity contribution < 1.29 is 25.8 Å². The minimum absolute atomic E-state index is 0. The van der Waals surface area contributed by atoms with Crippen molar-refractivity contribution >= 4 is 10.8 Å². The van der Waals surface area contributed by atoms with E-state index < -0.39 is 0 Å². The first-order valence-electron chi connectivity index (χ1n) is 6.98. The largest absolute Gasteiger partial charge is 0.358 e. The molecular formula is C20H29Hf-3. The minimum atomic E-state index is 0. The third-order valence-electron chi connectivity index (χ3n) is 4.24. The standard InChI is InChI=1S/C18H23.2CH3.Hf/c1-17(2,3)16-7-6-12-8-13-10-18(4,5)11-14(13)9-15(12)16;;;/h6-9H,10-11H2,1-5H3;2*1H3;/q3*-1;. The van der Waals surface area contributed by atoms with Crippen molar-refractivity contribution in [2.45, 2.75) is 52.9 Å². The fourth-order valence-electron chi connectivity index (χ4n) is 3.42. The molecule has 0 heterocycles. The van der Waals surface area contributed by atoms with E-state index in [4.69, 9.17) is 0 Å². The van der Waals surface area contributed by atoms with Gasteiger partial charge in [0, 0.05) is 25.8 Å². The van der Waals surface area contributed by atoms with E-state index in [0.717, 1.165) is 0 Å². The molecule has 21 heavy (non-hydrogen) atoms. The van der Waals surface area contributed by atoms with Crippen LogP contribution in [0.5, 0.6) is 0 Å². The van der Waals surface area contributed by atoms with Crippen LogP contribution < -0.4 is 0 Å². The normalized spacial score (nSPS) is 15.7. The first kappa shape index (κ1) is 20.7. The monoisotopic (exact) mass is 449 g/mol. The molecule has 0 nitrogen and oxygen atoms in total. The van der Waals surface area contributed by atoms with Crippen LogP contribution in [0.4, 0.5) is 0 Å². The van der Waals surface area contributed by atoms with Gasteiger partial charge in [-0.15, -0.1) is 34.5 Å². The summed E-state index contributed by atoms with van der Waals surface area (Å²) < 4.78 is 0. The Hall–Kier alpha value is -0.300. The number of hydrogen-bond acceptors (Lipinski definition) is 0. The second-order valence-electron chi connectivity index (χ2n) is 7.72. The molecule has 1 aliphatic carbocycles. The van der Waals surface area contributed by atoms with Gasteiger partial charge >= 0.3 is 0 Å². The molecule has 0 atom stereocenters. The zero-order valence-electron chi connectivity index (χ0n) is 14.7. The van der Waals surface area contributed by atoms with Crippen LogP contribution in [0.1, 0.15) is 51.3 Å². The van der Waals surface area contributed by atoms with E-state index >= 15 is 0 Å². The van der Waals surface area contributed by atoms with Gasteiger partial charge in [0.25, 0.3) is 0 Å². The van der Waals surface area contributed by atoms with Gasteiger partial charge in [-0.05, 0) is 23.7 Å². The van der Waals surface area contributed by atoms with Gasteiger partial charge in [-0.1, -0.05) is 45.7 Å². The van der Waals surface area contributed by atoms with Crippen LogP contribution >= 0.6 is 0 Å². The Balaban J connectivity index is 0.00000133. The van der Waals surface area contributed by atoms with Gasteiger partial charge < -0.3 is 14.9 Å². The van der Waals surface area contributed by atoms with Crippen molar-refractivity contribution in [3.05, 3.63) is 55.8 Å². The van der Waals surface area contributed by atoms with E-state index in [0.29, 0.717) is 5.41 Å². The van der Waals surface area contributed by atoms with Gasteiger partial charge in [0.1, 0.15) is 0 Å². The molecule has 0 saturated carbocycles. The first-order chi connectivity index (χ1) is 8.26. The van der Waals surface area contributed by atoms with E-state index in [2.05, 4.69) is 58.9 Å². The van der Waals surface area contributed by atoms with Crippen molar-refractivity contribution in [3.63, 3.8) is 0 Å². The fourth-order valence-corrected chi connectivity index (χ4v) is 3.42. The van der Waals surface area contributed by atoms with Gasteiger partial charge in [-0.2, -0.15) is 6.07 Å². The molecule has 0 fully saturated rings. The molecule has 0 aliphatic heterocycles. The summed E-state index contributed by atoms with van der Waals surface area (Å²) in [7, 11) is 0. The maximum Gasteiger partial charge on any atom is 0 e. The van der Waals surface area contributed by atoms with Crippen LogP contribution in [-0.4, -0.2) is 0 Å². The van der Waals surface area contributed by atoms with E-state index in [9.17, 15) is 0 Å². The van der Waals surface area contributed by atoms with E-state index in [1.165, 1.54) is 29.2 Å². The SMILES string of the molecule is CC1(C)Cc2cc3cc[c-](C(C)(C)C)c3cc2C1.[CH3-].[CH3-].[Hf]. The number of hydrogen-bond donors (Lipinski definition) is 0. The number of rotatable bonds is 0. The summed E-state index contributed by atoms with van der Waals surface area (Å²) in [6.07, 6.45) is 2.46. The molecular weight excluding hydrogens is 419 g/mol. The van der Waals surface area contributed by atoms with Crippen LogP contribution in [0, 0.1) is 20.3 Å². The Morgan fingerprint density at radius 3 is 2.05 bits per heavy atom. The van der Waals surface area contributed by atoms with E-state index in [1.54, 1.807) is 11.1 Å². The van der Waals surface area contributed by atoms with E-state index in [-0.39, 0.29) is 46.1 Å². The van der Waals surface area contributed by atoms with Crippen LogP contribution in [0.25, 0.3) is 10.8 Å². The Morgan fingerprint density at radius 2 is 1.52 bits per heavy atom. The second kappa shape index (κ2) is 6.44. The molecule has 1 heteroatoms. The Kier molecular flexibility index (Phi) is 6.35. The zero-order valence-corrected chi connectivity index (χ0v) is 18.3. The van der Waals surface area contributed by atoms with Gasteiger partial charge in [0.15, 0.2) is 0 Å². The minimum Gasteiger partial charge on any atom is -0.358 e. The summed E-state index contributed by atoms with van der Waals surface area (Å²) in [5.74, 6) is 0. The van der Waals surface area contributed by atoms with Crippen molar-refractivity contribution in [1.29, 1.82) is 0 Å².